The van der Waals surface area contributed by atoms with E-state index < -0.39 is 0 Å². The lowest BCUT2D eigenvalue weighted by Gasteiger charge is -2.23. The fourth-order valence-corrected chi connectivity index (χ4v) is 2.22. The van der Waals surface area contributed by atoms with Crippen LogP contribution < -0.4 is 10.2 Å². The molecule has 1 N–H and O–H groups in total. The molecule has 0 saturated heterocycles. The second-order valence-electron chi connectivity index (χ2n) is 5.01. The van der Waals surface area contributed by atoms with Crippen molar-refractivity contribution < 1.29 is 0 Å². The molecule has 0 unspecified atom stereocenters. The van der Waals surface area contributed by atoms with Crippen LogP contribution in [-0.2, 0) is 13.0 Å². The van der Waals surface area contributed by atoms with Gasteiger partial charge in [-0.15, -0.1) is 0 Å². The SMILES string of the molecule is CNCc1cnc(C)cc1N(C)CCc1ccncc1. The van der Waals surface area contributed by atoms with Gasteiger partial charge in [-0.3, -0.25) is 9.97 Å². The minimum Gasteiger partial charge on any atom is -0.374 e. The molecule has 106 valence electrons. The van der Waals surface area contributed by atoms with E-state index in [1.807, 2.05) is 32.6 Å². The van der Waals surface area contributed by atoms with E-state index in [1.54, 1.807) is 0 Å². The van der Waals surface area contributed by atoms with Gasteiger partial charge in [-0.1, -0.05) is 0 Å². The van der Waals surface area contributed by atoms with Crippen LogP contribution in [0.4, 0.5) is 5.69 Å². The Hall–Kier alpha value is -1.94. The highest BCUT2D eigenvalue weighted by atomic mass is 15.1. The fraction of sp³-hybridized carbons (Fsp3) is 0.375. The van der Waals surface area contributed by atoms with E-state index in [0.717, 1.165) is 25.2 Å². The minimum absolute atomic E-state index is 0.836. The zero-order valence-corrected chi connectivity index (χ0v) is 12.4. The molecule has 0 aliphatic rings. The maximum Gasteiger partial charge on any atom is 0.0443 e. The zero-order valence-electron chi connectivity index (χ0n) is 12.4. The number of anilines is 1. The van der Waals surface area contributed by atoms with Crippen molar-refractivity contribution in [3.63, 3.8) is 0 Å². The first-order chi connectivity index (χ1) is 9.70. The van der Waals surface area contributed by atoms with Crippen molar-refractivity contribution in [1.82, 2.24) is 15.3 Å². The minimum atomic E-state index is 0.836. The summed E-state index contributed by atoms with van der Waals surface area (Å²) in [6.07, 6.45) is 6.67. The van der Waals surface area contributed by atoms with Gasteiger partial charge in [-0.05, 0) is 44.2 Å². The van der Waals surface area contributed by atoms with Gasteiger partial charge < -0.3 is 10.2 Å². The second kappa shape index (κ2) is 7.01. The molecular weight excluding hydrogens is 248 g/mol. The molecule has 4 heteroatoms. The summed E-state index contributed by atoms with van der Waals surface area (Å²) in [6, 6.07) is 6.29. The summed E-state index contributed by atoms with van der Waals surface area (Å²) in [5, 5.41) is 3.20. The molecule has 0 radical (unpaired) electrons. The predicted octanol–water partition coefficient (Wildman–Crippen LogP) is 2.18. The van der Waals surface area contributed by atoms with Gasteiger partial charge >= 0.3 is 0 Å². The van der Waals surface area contributed by atoms with Crippen LogP contribution in [0.3, 0.4) is 0 Å². The summed E-state index contributed by atoms with van der Waals surface area (Å²) >= 11 is 0. The van der Waals surface area contributed by atoms with Crippen LogP contribution in [0.1, 0.15) is 16.8 Å². The Labute approximate surface area is 120 Å². The van der Waals surface area contributed by atoms with Gasteiger partial charge in [0.1, 0.15) is 0 Å². The Balaban J connectivity index is 2.08. The quantitative estimate of drug-likeness (QED) is 0.873. The Bertz CT molecular complexity index is 539. The Morgan fingerprint density at radius 3 is 2.70 bits per heavy atom. The number of pyridine rings is 2. The van der Waals surface area contributed by atoms with Crippen molar-refractivity contribution in [2.75, 3.05) is 25.5 Å². The van der Waals surface area contributed by atoms with Crippen LogP contribution in [-0.4, -0.2) is 30.6 Å². The Morgan fingerprint density at radius 2 is 2.00 bits per heavy atom. The molecular formula is C16H22N4. The number of nitrogens with one attached hydrogen (secondary N) is 1. The van der Waals surface area contributed by atoms with E-state index in [-0.39, 0.29) is 0 Å². The topological polar surface area (TPSA) is 41.1 Å². The summed E-state index contributed by atoms with van der Waals surface area (Å²) in [4.78, 5) is 10.7. The molecule has 2 rings (SSSR count). The van der Waals surface area contributed by atoms with Crippen LogP contribution in [0.5, 0.6) is 0 Å². The van der Waals surface area contributed by atoms with Gasteiger partial charge in [0.15, 0.2) is 0 Å². The summed E-state index contributed by atoms with van der Waals surface area (Å²) in [7, 11) is 4.09. The molecule has 4 nitrogen and oxygen atoms in total. The van der Waals surface area contributed by atoms with Crippen LogP contribution in [0.25, 0.3) is 0 Å². The molecule has 0 saturated carbocycles. The third kappa shape index (κ3) is 3.78. The second-order valence-corrected chi connectivity index (χ2v) is 5.01. The number of aromatic nitrogens is 2. The number of hydrogen-bond donors (Lipinski definition) is 1. The van der Waals surface area contributed by atoms with Crippen LogP contribution in [0, 0.1) is 6.92 Å². The van der Waals surface area contributed by atoms with Crippen LogP contribution in [0.2, 0.25) is 0 Å². The molecule has 0 spiro atoms. The summed E-state index contributed by atoms with van der Waals surface area (Å²) < 4.78 is 0. The molecule has 20 heavy (non-hydrogen) atoms. The van der Waals surface area contributed by atoms with E-state index in [4.69, 9.17) is 0 Å². The number of aryl methyl sites for hydroxylation is 1. The lowest BCUT2D eigenvalue weighted by atomic mass is 10.1. The highest BCUT2D eigenvalue weighted by Gasteiger charge is 2.08. The molecule has 0 amide bonds. The van der Waals surface area contributed by atoms with E-state index in [9.17, 15) is 0 Å². The third-order valence-corrected chi connectivity index (χ3v) is 3.36. The maximum absolute atomic E-state index is 4.38. The number of rotatable bonds is 6. The van der Waals surface area contributed by atoms with Gasteiger partial charge in [-0.25, -0.2) is 0 Å². The molecule has 0 fully saturated rings. The highest BCUT2D eigenvalue weighted by Crippen LogP contribution is 2.20. The van der Waals surface area contributed by atoms with Crippen molar-refractivity contribution >= 4 is 5.69 Å². The molecule has 2 aromatic rings. The average molecular weight is 270 g/mol. The summed E-state index contributed by atoms with van der Waals surface area (Å²) in [5.74, 6) is 0. The van der Waals surface area contributed by atoms with Gasteiger partial charge in [0.25, 0.3) is 0 Å². The third-order valence-electron chi connectivity index (χ3n) is 3.36. The number of nitrogens with zero attached hydrogens (tertiary/aromatic N) is 3. The highest BCUT2D eigenvalue weighted by molar-refractivity contribution is 5.53. The van der Waals surface area contributed by atoms with Gasteiger partial charge in [-0.2, -0.15) is 0 Å². The van der Waals surface area contributed by atoms with Gasteiger partial charge in [0.05, 0.1) is 0 Å². The predicted molar refractivity (Wildman–Crippen MR) is 82.9 cm³/mol. The lowest BCUT2D eigenvalue weighted by Crippen LogP contribution is -2.23. The molecule has 2 aromatic heterocycles. The first-order valence-electron chi connectivity index (χ1n) is 6.91. The lowest BCUT2D eigenvalue weighted by molar-refractivity contribution is 0.795. The molecule has 0 aliphatic carbocycles. The van der Waals surface area contributed by atoms with Gasteiger partial charge in [0, 0.05) is 55.7 Å². The van der Waals surface area contributed by atoms with E-state index in [2.05, 4.69) is 45.4 Å². The normalized spacial score (nSPS) is 10.6. The largest absolute Gasteiger partial charge is 0.374 e. The van der Waals surface area contributed by atoms with Crippen molar-refractivity contribution in [1.29, 1.82) is 0 Å². The molecule has 0 aromatic carbocycles. The van der Waals surface area contributed by atoms with Crippen molar-refractivity contribution in [2.24, 2.45) is 0 Å². The summed E-state index contributed by atoms with van der Waals surface area (Å²) in [6.45, 7) is 3.84. The molecule has 0 bridgehead atoms. The molecule has 0 atom stereocenters. The monoisotopic (exact) mass is 270 g/mol. The van der Waals surface area contributed by atoms with Crippen molar-refractivity contribution in [2.45, 2.75) is 19.9 Å². The van der Waals surface area contributed by atoms with Gasteiger partial charge in [0.2, 0.25) is 0 Å². The van der Waals surface area contributed by atoms with Crippen molar-refractivity contribution in [3.05, 3.63) is 53.6 Å². The molecule has 2 heterocycles. The first kappa shape index (κ1) is 14.5. The number of likely N-dealkylation sites (N-methyl/N-ethyl adjacent to an activating group) is 1. The van der Waals surface area contributed by atoms with E-state index in [0.29, 0.717) is 0 Å². The Morgan fingerprint density at radius 1 is 1.25 bits per heavy atom. The maximum atomic E-state index is 4.38. The van der Waals surface area contributed by atoms with Crippen LogP contribution >= 0.6 is 0 Å². The summed E-state index contributed by atoms with van der Waals surface area (Å²) in [5.41, 5.74) is 4.85. The molecule has 0 aliphatic heterocycles. The smallest absolute Gasteiger partial charge is 0.0443 e. The van der Waals surface area contributed by atoms with Crippen molar-refractivity contribution in [3.8, 4) is 0 Å². The zero-order chi connectivity index (χ0) is 14.4. The fourth-order valence-electron chi connectivity index (χ4n) is 2.22. The first-order valence-corrected chi connectivity index (χ1v) is 6.91. The number of hydrogen-bond acceptors (Lipinski definition) is 4. The standard InChI is InChI=1S/C16H22N4/c1-13-10-16(15(11-17-2)12-19-13)20(3)9-6-14-4-7-18-8-5-14/h4-5,7-8,10,12,17H,6,9,11H2,1-3H3. The van der Waals surface area contributed by atoms with E-state index >= 15 is 0 Å². The Kier molecular flexibility index (Phi) is 5.07. The average Bonchev–Trinajstić information content (AvgIpc) is 2.48. The van der Waals surface area contributed by atoms with Crippen LogP contribution in [0.15, 0.2) is 36.8 Å². The van der Waals surface area contributed by atoms with E-state index in [1.165, 1.54) is 16.8 Å².